The number of nitro groups is 1. The summed E-state index contributed by atoms with van der Waals surface area (Å²) in [6.07, 6.45) is 4.27. The molecule has 11 heavy (non-hydrogen) atoms. The first-order valence-electron chi connectivity index (χ1n) is 3.20. The second-order valence-corrected chi connectivity index (χ2v) is 2.31. The molecule has 60 valence electrons. The summed E-state index contributed by atoms with van der Waals surface area (Å²) in [5.41, 5.74) is 0.967. The van der Waals surface area contributed by atoms with E-state index in [0.717, 1.165) is 5.57 Å². The van der Waals surface area contributed by atoms with E-state index in [0.29, 0.717) is 0 Å². The van der Waals surface area contributed by atoms with Crippen molar-refractivity contribution in [1.29, 1.82) is 0 Å². The molecule has 0 rings (SSSR count). The normalized spacial score (nSPS) is 10.5. The summed E-state index contributed by atoms with van der Waals surface area (Å²) in [5.74, 6) is 0. The molecule has 0 saturated heterocycles. The molecule has 0 heterocycles. The lowest BCUT2D eigenvalue weighted by Crippen LogP contribution is -1.94. The van der Waals surface area contributed by atoms with Gasteiger partial charge < -0.3 is 0 Å². The molecular formula is C8H11NO2. The monoisotopic (exact) mass is 153 g/mol. The predicted octanol–water partition coefficient (Wildman–Crippen LogP) is 2.30. The van der Waals surface area contributed by atoms with Crippen molar-refractivity contribution >= 4 is 0 Å². The number of allylic oxidation sites excluding steroid dienone is 4. The van der Waals surface area contributed by atoms with Crippen molar-refractivity contribution in [2.24, 2.45) is 0 Å². The van der Waals surface area contributed by atoms with E-state index < -0.39 is 4.92 Å². The van der Waals surface area contributed by atoms with Crippen molar-refractivity contribution in [2.75, 3.05) is 0 Å². The second kappa shape index (κ2) is 4.44. The van der Waals surface area contributed by atoms with Crippen molar-refractivity contribution in [3.63, 3.8) is 0 Å². The molecule has 0 aliphatic carbocycles. The van der Waals surface area contributed by atoms with Crippen molar-refractivity contribution in [3.05, 3.63) is 46.2 Å². The lowest BCUT2D eigenvalue weighted by molar-refractivity contribution is -0.419. The highest BCUT2D eigenvalue weighted by atomic mass is 16.6. The smallest absolute Gasteiger partial charge is 0.258 e. The number of rotatable bonds is 3. The summed E-state index contributed by atoms with van der Waals surface area (Å²) in [6, 6.07) is 0. The Labute approximate surface area is 65.9 Å². The molecule has 0 aromatic heterocycles. The second-order valence-electron chi connectivity index (χ2n) is 2.31. The van der Waals surface area contributed by atoms with Crippen LogP contribution < -0.4 is 0 Å². The Morgan fingerprint density at radius 2 is 2.09 bits per heavy atom. The molecular weight excluding hydrogens is 142 g/mol. The Morgan fingerprint density at radius 1 is 1.55 bits per heavy atom. The molecule has 3 nitrogen and oxygen atoms in total. The van der Waals surface area contributed by atoms with Crippen molar-refractivity contribution in [1.82, 2.24) is 0 Å². The number of nitrogens with zero attached hydrogens (tertiary/aromatic N) is 1. The first-order chi connectivity index (χ1) is 5.07. The van der Waals surface area contributed by atoms with Gasteiger partial charge in [0.15, 0.2) is 0 Å². The van der Waals surface area contributed by atoms with Gasteiger partial charge in [-0.1, -0.05) is 18.2 Å². The third-order valence-corrected chi connectivity index (χ3v) is 0.936. The molecule has 0 radical (unpaired) electrons. The average molecular weight is 153 g/mol. The molecule has 0 unspecified atom stereocenters. The van der Waals surface area contributed by atoms with Crippen LogP contribution in [0.25, 0.3) is 0 Å². The molecule has 0 saturated carbocycles. The minimum Gasteiger partial charge on any atom is -0.258 e. The summed E-state index contributed by atoms with van der Waals surface area (Å²) in [5, 5.41) is 10.3. The maximum absolute atomic E-state index is 10.3. The van der Waals surface area contributed by atoms with E-state index in [2.05, 4.69) is 6.58 Å². The zero-order valence-corrected chi connectivity index (χ0v) is 6.70. The van der Waals surface area contributed by atoms with E-state index in [-0.39, 0.29) is 5.70 Å². The molecule has 0 aliphatic heterocycles. The highest BCUT2D eigenvalue weighted by molar-refractivity contribution is 5.19. The molecule has 0 bridgehead atoms. The highest BCUT2D eigenvalue weighted by Crippen LogP contribution is 2.02. The van der Waals surface area contributed by atoms with E-state index >= 15 is 0 Å². The predicted molar refractivity (Wildman–Crippen MR) is 44.7 cm³/mol. The van der Waals surface area contributed by atoms with Crippen LogP contribution in [-0.2, 0) is 0 Å². The zero-order chi connectivity index (χ0) is 8.85. The lowest BCUT2D eigenvalue weighted by atomic mass is 10.2. The fourth-order valence-electron chi connectivity index (χ4n) is 0.578. The van der Waals surface area contributed by atoms with Crippen LogP contribution >= 0.6 is 0 Å². The van der Waals surface area contributed by atoms with Gasteiger partial charge in [0, 0.05) is 12.2 Å². The fraction of sp³-hybridized carbons (Fsp3) is 0.250. The minimum atomic E-state index is -0.436. The van der Waals surface area contributed by atoms with Gasteiger partial charge in [0.1, 0.15) is 0 Å². The summed E-state index contributed by atoms with van der Waals surface area (Å²) in [7, 11) is 0. The van der Waals surface area contributed by atoms with Gasteiger partial charge in [0.05, 0.1) is 4.92 Å². The van der Waals surface area contributed by atoms with Crippen LogP contribution in [0, 0.1) is 10.1 Å². The van der Waals surface area contributed by atoms with Crippen LogP contribution in [0.4, 0.5) is 0 Å². The number of hydrogen-bond acceptors (Lipinski definition) is 2. The largest absolute Gasteiger partial charge is 0.269 e. The van der Waals surface area contributed by atoms with Gasteiger partial charge in [-0.3, -0.25) is 10.1 Å². The third-order valence-electron chi connectivity index (χ3n) is 0.936. The molecule has 3 heteroatoms. The highest BCUT2D eigenvalue weighted by Gasteiger charge is 2.03. The molecule has 0 aliphatic rings. The number of hydrogen-bond donors (Lipinski definition) is 0. The summed E-state index contributed by atoms with van der Waals surface area (Å²) in [4.78, 5) is 9.83. The third kappa shape index (κ3) is 4.08. The van der Waals surface area contributed by atoms with Crippen LogP contribution in [0.3, 0.4) is 0 Å². The van der Waals surface area contributed by atoms with Gasteiger partial charge >= 0.3 is 0 Å². The summed E-state index contributed by atoms with van der Waals surface area (Å²) in [6.45, 7) is 6.99. The molecule has 0 N–H and O–H groups in total. The maximum atomic E-state index is 10.3. The Kier molecular flexibility index (Phi) is 3.88. The van der Waals surface area contributed by atoms with E-state index in [1.54, 1.807) is 13.8 Å². The zero-order valence-electron chi connectivity index (χ0n) is 6.70. The first-order valence-corrected chi connectivity index (χ1v) is 3.20. The van der Waals surface area contributed by atoms with E-state index in [4.69, 9.17) is 0 Å². The van der Waals surface area contributed by atoms with Crippen LogP contribution in [0.5, 0.6) is 0 Å². The van der Waals surface area contributed by atoms with Crippen molar-refractivity contribution in [2.45, 2.75) is 13.8 Å². The maximum Gasteiger partial charge on any atom is 0.269 e. The first kappa shape index (κ1) is 9.62. The Bertz CT molecular complexity index is 222. The van der Waals surface area contributed by atoms with Gasteiger partial charge in [-0.15, -0.1) is 0 Å². The molecule has 0 amide bonds. The molecule has 0 fully saturated rings. The van der Waals surface area contributed by atoms with E-state index in [1.165, 1.54) is 18.2 Å². The van der Waals surface area contributed by atoms with Crippen molar-refractivity contribution in [3.8, 4) is 0 Å². The molecule has 0 aromatic carbocycles. The summed E-state index contributed by atoms with van der Waals surface area (Å²) < 4.78 is 0. The van der Waals surface area contributed by atoms with Gasteiger partial charge in [-0.2, -0.15) is 0 Å². The van der Waals surface area contributed by atoms with Gasteiger partial charge in [0.2, 0.25) is 0 Å². The van der Waals surface area contributed by atoms with Gasteiger partial charge in [-0.05, 0) is 13.8 Å². The molecule has 0 aromatic rings. The van der Waals surface area contributed by atoms with Crippen molar-refractivity contribution < 1.29 is 4.92 Å². The molecule has 0 spiro atoms. The van der Waals surface area contributed by atoms with Crippen LogP contribution in [-0.4, -0.2) is 4.92 Å². The van der Waals surface area contributed by atoms with Gasteiger partial charge in [-0.25, -0.2) is 0 Å². The Hall–Kier alpha value is -1.38. The SMILES string of the molecule is C=C/C=C(\C=C(C)C)[N+](=O)[O-]. The lowest BCUT2D eigenvalue weighted by Gasteiger charge is -1.89. The Morgan fingerprint density at radius 3 is 2.36 bits per heavy atom. The average Bonchev–Trinajstić information content (AvgIpc) is 1.86. The topological polar surface area (TPSA) is 43.1 Å². The van der Waals surface area contributed by atoms with Gasteiger partial charge in [0.25, 0.3) is 5.70 Å². The summed E-state index contributed by atoms with van der Waals surface area (Å²) >= 11 is 0. The van der Waals surface area contributed by atoms with E-state index in [1.807, 2.05) is 0 Å². The Balaban J connectivity index is 4.63. The quantitative estimate of drug-likeness (QED) is 0.354. The van der Waals surface area contributed by atoms with Crippen LogP contribution in [0.2, 0.25) is 0 Å². The minimum absolute atomic E-state index is 0.0694. The standard InChI is InChI=1S/C8H11NO2/c1-4-5-8(9(10)11)6-7(2)3/h4-6H,1H2,2-3H3/b8-5+. The van der Waals surface area contributed by atoms with E-state index in [9.17, 15) is 10.1 Å². The van der Waals surface area contributed by atoms with Crippen LogP contribution in [0.15, 0.2) is 36.1 Å². The molecule has 0 atom stereocenters. The van der Waals surface area contributed by atoms with Crippen LogP contribution in [0.1, 0.15) is 13.8 Å². The fourth-order valence-corrected chi connectivity index (χ4v) is 0.578.